The van der Waals surface area contributed by atoms with E-state index < -0.39 is 6.10 Å². The van der Waals surface area contributed by atoms with Gasteiger partial charge in [-0.15, -0.1) is 0 Å². The Labute approximate surface area is 163 Å². The number of aliphatic hydroxyl groups excluding tert-OH is 1. The lowest BCUT2D eigenvalue weighted by Crippen LogP contribution is -2.43. The molecule has 1 aliphatic heterocycles. The Kier molecular flexibility index (Phi) is 5.27. The van der Waals surface area contributed by atoms with Crippen LogP contribution in [0.15, 0.2) is 42.9 Å². The van der Waals surface area contributed by atoms with Gasteiger partial charge in [-0.25, -0.2) is 4.98 Å². The number of fused-ring (bicyclic) bond motifs is 1. The minimum Gasteiger partial charge on any atom is -0.391 e. The van der Waals surface area contributed by atoms with Gasteiger partial charge in [0.25, 0.3) is 0 Å². The van der Waals surface area contributed by atoms with Gasteiger partial charge in [0.2, 0.25) is 5.91 Å². The van der Waals surface area contributed by atoms with Crippen molar-refractivity contribution in [3.63, 3.8) is 0 Å². The molecule has 0 spiro atoms. The molecular weight excluding hydrogens is 364 g/mol. The molecule has 2 aliphatic rings. The number of carbonyl (C=O) groups excluding carboxylic acids is 1. The topological polar surface area (TPSA) is 78.4 Å². The number of hydrogen-bond acceptors (Lipinski definition) is 5. The van der Waals surface area contributed by atoms with Gasteiger partial charge < -0.3 is 15.3 Å². The first-order valence-electron chi connectivity index (χ1n) is 9.32. The molecule has 2 aromatic rings. The quantitative estimate of drug-likeness (QED) is 0.843. The third kappa shape index (κ3) is 4.06. The van der Waals surface area contributed by atoms with Gasteiger partial charge in [-0.3, -0.25) is 9.78 Å². The highest BCUT2D eigenvalue weighted by Crippen LogP contribution is 2.37. The molecule has 1 saturated heterocycles. The van der Waals surface area contributed by atoms with Crippen LogP contribution in [0.25, 0.3) is 0 Å². The lowest BCUT2D eigenvalue weighted by Gasteiger charge is -2.35. The van der Waals surface area contributed by atoms with Gasteiger partial charge >= 0.3 is 0 Å². The minimum atomic E-state index is -0.452. The summed E-state index contributed by atoms with van der Waals surface area (Å²) in [5.41, 5.74) is 0.862. The molecule has 0 unspecified atom stereocenters. The zero-order valence-electron chi connectivity index (χ0n) is 15.0. The molecular formula is C20H23ClN4O2. The average molecular weight is 387 g/mol. The van der Waals surface area contributed by atoms with E-state index in [2.05, 4.69) is 15.3 Å². The molecule has 6 nitrogen and oxygen atoms in total. The van der Waals surface area contributed by atoms with Gasteiger partial charge in [0, 0.05) is 30.5 Å². The standard InChI is InChI=1S/C20H23ClN4O2/c21-16-4-2-1-3-13(16)9-20(27)25-11-14-7-17(18(26)8-15(14)12-25)24-19-10-22-5-6-23-19/h1-6,10,14-15,17-18,26H,7-9,11-12H2,(H,23,24)/t14-,15+,17-,18-/m1/s1. The van der Waals surface area contributed by atoms with Crippen molar-refractivity contribution in [3.8, 4) is 0 Å². The molecule has 2 N–H and O–H groups in total. The average Bonchev–Trinajstić information content (AvgIpc) is 3.07. The van der Waals surface area contributed by atoms with Crippen LogP contribution in [0.5, 0.6) is 0 Å². The van der Waals surface area contributed by atoms with Crippen LogP contribution in [0.4, 0.5) is 5.82 Å². The summed E-state index contributed by atoms with van der Waals surface area (Å²) in [4.78, 5) is 22.9. The second kappa shape index (κ2) is 7.82. The van der Waals surface area contributed by atoms with E-state index in [1.807, 2.05) is 29.2 Å². The van der Waals surface area contributed by atoms with E-state index in [1.165, 1.54) is 0 Å². The van der Waals surface area contributed by atoms with Crippen molar-refractivity contribution in [1.29, 1.82) is 0 Å². The predicted molar refractivity (Wildman–Crippen MR) is 103 cm³/mol. The van der Waals surface area contributed by atoms with E-state index in [-0.39, 0.29) is 11.9 Å². The Morgan fingerprint density at radius 3 is 2.74 bits per heavy atom. The number of nitrogens with one attached hydrogen (secondary N) is 1. The molecule has 4 rings (SSSR count). The molecule has 1 saturated carbocycles. The summed E-state index contributed by atoms with van der Waals surface area (Å²) in [5.74, 6) is 1.50. The normalized spacial score (nSPS) is 27.3. The Morgan fingerprint density at radius 2 is 2.00 bits per heavy atom. The fraction of sp³-hybridized carbons (Fsp3) is 0.450. The van der Waals surface area contributed by atoms with Crippen molar-refractivity contribution in [2.45, 2.75) is 31.4 Å². The molecule has 142 valence electrons. The molecule has 27 heavy (non-hydrogen) atoms. The van der Waals surface area contributed by atoms with E-state index in [4.69, 9.17) is 11.6 Å². The van der Waals surface area contributed by atoms with Crippen LogP contribution in [0.3, 0.4) is 0 Å². The van der Waals surface area contributed by atoms with Crippen LogP contribution in [0.2, 0.25) is 5.02 Å². The summed E-state index contributed by atoms with van der Waals surface area (Å²) in [5, 5.41) is 14.5. The third-order valence-electron chi connectivity index (χ3n) is 5.69. The first-order valence-corrected chi connectivity index (χ1v) is 9.69. The Morgan fingerprint density at radius 1 is 1.22 bits per heavy atom. The summed E-state index contributed by atoms with van der Waals surface area (Å²) in [6, 6.07) is 7.41. The summed E-state index contributed by atoms with van der Waals surface area (Å²) in [6.07, 6.45) is 6.29. The highest BCUT2D eigenvalue weighted by atomic mass is 35.5. The van der Waals surface area contributed by atoms with Crippen LogP contribution in [-0.4, -0.2) is 51.1 Å². The molecule has 1 aromatic carbocycles. The number of benzene rings is 1. The van der Waals surface area contributed by atoms with E-state index in [0.29, 0.717) is 42.1 Å². The fourth-order valence-electron chi connectivity index (χ4n) is 4.27. The lowest BCUT2D eigenvalue weighted by atomic mass is 9.77. The number of anilines is 1. The molecule has 4 atom stereocenters. The van der Waals surface area contributed by atoms with Gasteiger partial charge in [0.15, 0.2) is 0 Å². The number of amides is 1. The Bertz CT molecular complexity index is 804. The maximum Gasteiger partial charge on any atom is 0.227 e. The van der Waals surface area contributed by atoms with Gasteiger partial charge in [0.05, 0.1) is 24.8 Å². The highest BCUT2D eigenvalue weighted by Gasteiger charge is 2.43. The third-order valence-corrected chi connectivity index (χ3v) is 6.06. The largest absolute Gasteiger partial charge is 0.391 e. The van der Waals surface area contributed by atoms with E-state index in [9.17, 15) is 9.90 Å². The first-order chi connectivity index (χ1) is 13.1. The maximum atomic E-state index is 12.7. The van der Waals surface area contributed by atoms with Crippen LogP contribution in [0, 0.1) is 11.8 Å². The number of hydrogen-bond donors (Lipinski definition) is 2. The number of carbonyl (C=O) groups is 1. The number of halogens is 1. The molecule has 0 bridgehead atoms. The lowest BCUT2D eigenvalue weighted by molar-refractivity contribution is -0.129. The van der Waals surface area contributed by atoms with Crippen molar-refractivity contribution in [1.82, 2.24) is 14.9 Å². The summed E-state index contributed by atoms with van der Waals surface area (Å²) < 4.78 is 0. The fourth-order valence-corrected chi connectivity index (χ4v) is 4.47. The Hall–Kier alpha value is -2.18. The maximum absolute atomic E-state index is 12.7. The number of rotatable bonds is 4. The number of likely N-dealkylation sites (tertiary alicyclic amines) is 1. The van der Waals surface area contributed by atoms with E-state index >= 15 is 0 Å². The molecule has 2 fully saturated rings. The minimum absolute atomic E-state index is 0.0680. The van der Waals surface area contributed by atoms with Crippen LogP contribution < -0.4 is 5.32 Å². The molecule has 1 aromatic heterocycles. The van der Waals surface area contributed by atoms with Crippen molar-refractivity contribution in [2.75, 3.05) is 18.4 Å². The number of aliphatic hydroxyl groups is 1. The second-order valence-electron chi connectivity index (χ2n) is 7.47. The van der Waals surface area contributed by atoms with Crippen molar-refractivity contribution < 1.29 is 9.90 Å². The Balaban J connectivity index is 1.38. The predicted octanol–water partition coefficient (Wildman–Crippen LogP) is 2.38. The SMILES string of the molecule is O=C(Cc1ccccc1Cl)N1C[C@H]2C[C@@H](Nc3cnccn3)[C@H](O)C[C@H]2C1. The monoisotopic (exact) mass is 386 g/mol. The zero-order chi connectivity index (χ0) is 18.8. The zero-order valence-corrected chi connectivity index (χ0v) is 15.7. The molecule has 0 radical (unpaired) electrons. The molecule has 2 heterocycles. The number of aromatic nitrogens is 2. The number of nitrogens with zero attached hydrogens (tertiary/aromatic N) is 3. The second-order valence-corrected chi connectivity index (χ2v) is 7.87. The van der Waals surface area contributed by atoms with Crippen LogP contribution in [-0.2, 0) is 11.2 Å². The summed E-state index contributed by atoms with van der Waals surface area (Å²) >= 11 is 6.19. The summed E-state index contributed by atoms with van der Waals surface area (Å²) in [6.45, 7) is 1.45. The molecule has 7 heteroatoms. The smallest absolute Gasteiger partial charge is 0.227 e. The molecule has 1 aliphatic carbocycles. The van der Waals surface area contributed by atoms with E-state index in [0.717, 1.165) is 18.5 Å². The first kappa shape index (κ1) is 18.2. The van der Waals surface area contributed by atoms with Crippen molar-refractivity contribution in [2.24, 2.45) is 11.8 Å². The van der Waals surface area contributed by atoms with Crippen LogP contribution in [0.1, 0.15) is 18.4 Å². The van der Waals surface area contributed by atoms with Gasteiger partial charge in [-0.2, -0.15) is 0 Å². The van der Waals surface area contributed by atoms with Crippen molar-refractivity contribution >= 4 is 23.3 Å². The summed E-state index contributed by atoms with van der Waals surface area (Å²) in [7, 11) is 0. The van der Waals surface area contributed by atoms with E-state index in [1.54, 1.807) is 18.6 Å². The van der Waals surface area contributed by atoms with Gasteiger partial charge in [0.1, 0.15) is 5.82 Å². The van der Waals surface area contributed by atoms with Gasteiger partial charge in [-0.05, 0) is 36.3 Å². The van der Waals surface area contributed by atoms with Crippen molar-refractivity contribution in [3.05, 3.63) is 53.4 Å². The highest BCUT2D eigenvalue weighted by molar-refractivity contribution is 6.31. The molecule has 1 amide bonds. The van der Waals surface area contributed by atoms with Crippen LogP contribution >= 0.6 is 11.6 Å². The van der Waals surface area contributed by atoms with Gasteiger partial charge in [-0.1, -0.05) is 29.8 Å².